The Kier molecular flexibility index (Phi) is 6.52. The van der Waals surface area contributed by atoms with Crippen LogP contribution in [0.4, 0.5) is 0 Å². The first kappa shape index (κ1) is 20.6. The van der Waals surface area contributed by atoms with Crippen LogP contribution in [-0.2, 0) is 16.6 Å². The van der Waals surface area contributed by atoms with Crippen molar-refractivity contribution in [3.8, 4) is 0 Å². The normalized spacial score (nSPS) is 15.4. The molecule has 0 aromatic heterocycles. The molecule has 2 aromatic rings. The average Bonchev–Trinajstić information content (AvgIpc) is 2.73. The smallest absolute Gasteiger partial charge is 0.254 e. The van der Waals surface area contributed by atoms with Crippen molar-refractivity contribution in [2.75, 3.05) is 19.6 Å². The number of hydrogen-bond donors (Lipinski definition) is 0. The summed E-state index contributed by atoms with van der Waals surface area (Å²) in [6, 6.07) is 14.7. The predicted molar refractivity (Wildman–Crippen MR) is 111 cm³/mol. The van der Waals surface area contributed by atoms with Crippen molar-refractivity contribution in [2.24, 2.45) is 0 Å². The highest BCUT2D eigenvalue weighted by Crippen LogP contribution is 2.24. The quantitative estimate of drug-likeness (QED) is 0.740. The molecule has 28 heavy (non-hydrogen) atoms. The van der Waals surface area contributed by atoms with E-state index in [0.29, 0.717) is 31.7 Å². The molecule has 1 aliphatic heterocycles. The van der Waals surface area contributed by atoms with Gasteiger partial charge in [0.15, 0.2) is 0 Å². The van der Waals surface area contributed by atoms with Crippen LogP contribution in [0.3, 0.4) is 0 Å². The molecule has 1 aliphatic rings. The van der Waals surface area contributed by atoms with Crippen molar-refractivity contribution in [2.45, 2.75) is 44.6 Å². The Bertz CT molecular complexity index is 920. The molecule has 0 saturated carbocycles. The number of nitrogens with zero attached hydrogens (tertiary/aromatic N) is 2. The third kappa shape index (κ3) is 4.45. The first-order valence-electron chi connectivity index (χ1n) is 9.87. The number of amides is 1. The third-order valence-corrected chi connectivity index (χ3v) is 7.17. The summed E-state index contributed by atoms with van der Waals surface area (Å²) in [5.41, 5.74) is 2.29. The van der Waals surface area contributed by atoms with Crippen LogP contribution in [0.2, 0.25) is 0 Å². The zero-order chi connectivity index (χ0) is 20.1. The minimum absolute atomic E-state index is 0.139. The Labute approximate surface area is 168 Å². The van der Waals surface area contributed by atoms with E-state index in [1.165, 1.54) is 4.31 Å². The zero-order valence-electron chi connectivity index (χ0n) is 16.6. The van der Waals surface area contributed by atoms with E-state index in [4.69, 9.17) is 0 Å². The molecule has 0 radical (unpaired) electrons. The summed E-state index contributed by atoms with van der Waals surface area (Å²) < 4.78 is 27.5. The van der Waals surface area contributed by atoms with E-state index in [9.17, 15) is 13.2 Å². The summed E-state index contributed by atoms with van der Waals surface area (Å²) >= 11 is 0. The van der Waals surface area contributed by atoms with E-state index < -0.39 is 10.0 Å². The fourth-order valence-electron chi connectivity index (χ4n) is 3.55. The Morgan fingerprint density at radius 2 is 1.71 bits per heavy atom. The van der Waals surface area contributed by atoms with E-state index in [-0.39, 0.29) is 10.8 Å². The van der Waals surface area contributed by atoms with Crippen LogP contribution in [-0.4, -0.2) is 43.2 Å². The molecule has 0 aliphatic carbocycles. The van der Waals surface area contributed by atoms with Gasteiger partial charge < -0.3 is 4.90 Å². The second kappa shape index (κ2) is 8.88. The number of piperidine rings is 1. The number of sulfonamides is 1. The van der Waals surface area contributed by atoms with E-state index in [1.54, 1.807) is 23.1 Å². The van der Waals surface area contributed by atoms with Crippen molar-refractivity contribution < 1.29 is 13.2 Å². The highest BCUT2D eigenvalue weighted by Gasteiger charge is 2.27. The summed E-state index contributed by atoms with van der Waals surface area (Å²) in [5, 5.41) is 0. The molecule has 2 aromatic carbocycles. The number of hydrogen-bond acceptors (Lipinski definition) is 3. The molecule has 0 unspecified atom stereocenters. The molecular formula is C22H28N2O3S. The number of carbonyl (C=O) groups excluding carboxylic acids is 1. The highest BCUT2D eigenvalue weighted by atomic mass is 32.2. The van der Waals surface area contributed by atoms with Gasteiger partial charge in [-0.3, -0.25) is 4.79 Å². The predicted octanol–water partition coefficient (Wildman–Crippen LogP) is 3.83. The molecule has 1 fully saturated rings. The number of rotatable bonds is 6. The van der Waals surface area contributed by atoms with Crippen LogP contribution in [0.5, 0.6) is 0 Å². The van der Waals surface area contributed by atoms with E-state index >= 15 is 0 Å². The molecule has 1 amide bonds. The van der Waals surface area contributed by atoms with Gasteiger partial charge in [0.2, 0.25) is 10.0 Å². The molecule has 150 valence electrons. The Morgan fingerprint density at radius 3 is 2.36 bits per heavy atom. The van der Waals surface area contributed by atoms with Gasteiger partial charge in [-0.25, -0.2) is 8.42 Å². The fourth-order valence-corrected chi connectivity index (χ4v) is 5.09. The lowest BCUT2D eigenvalue weighted by Gasteiger charge is -2.26. The van der Waals surface area contributed by atoms with Gasteiger partial charge in [-0.1, -0.05) is 42.8 Å². The monoisotopic (exact) mass is 400 g/mol. The van der Waals surface area contributed by atoms with Crippen LogP contribution < -0.4 is 0 Å². The maximum atomic E-state index is 13.2. The minimum atomic E-state index is -3.56. The summed E-state index contributed by atoms with van der Waals surface area (Å²) in [5.74, 6) is -0.139. The Hall–Kier alpha value is -2.18. The molecule has 3 rings (SSSR count). The highest BCUT2D eigenvalue weighted by molar-refractivity contribution is 7.89. The first-order chi connectivity index (χ1) is 13.4. The summed E-state index contributed by atoms with van der Waals surface area (Å²) in [7, 11) is -3.56. The molecule has 1 saturated heterocycles. The molecule has 0 atom stereocenters. The molecule has 0 bridgehead atoms. The average molecular weight is 401 g/mol. The van der Waals surface area contributed by atoms with E-state index in [2.05, 4.69) is 0 Å². The zero-order valence-corrected chi connectivity index (χ0v) is 17.4. The first-order valence-corrected chi connectivity index (χ1v) is 11.3. The van der Waals surface area contributed by atoms with Crippen LogP contribution in [0.1, 0.15) is 47.7 Å². The maximum absolute atomic E-state index is 13.2. The van der Waals surface area contributed by atoms with Crippen LogP contribution in [0.15, 0.2) is 53.4 Å². The van der Waals surface area contributed by atoms with Crippen molar-refractivity contribution in [1.82, 2.24) is 9.21 Å². The molecule has 0 spiro atoms. The van der Waals surface area contributed by atoms with Crippen LogP contribution >= 0.6 is 0 Å². The second-order valence-electron chi connectivity index (χ2n) is 7.25. The lowest BCUT2D eigenvalue weighted by atomic mass is 10.1. The van der Waals surface area contributed by atoms with Gasteiger partial charge in [-0.05, 0) is 49.9 Å². The van der Waals surface area contributed by atoms with Gasteiger partial charge in [0.05, 0.1) is 4.90 Å². The lowest BCUT2D eigenvalue weighted by molar-refractivity contribution is 0.0751. The Morgan fingerprint density at radius 1 is 1.04 bits per heavy atom. The molecule has 0 N–H and O–H groups in total. The van der Waals surface area contributed by atoms with E-state index in [0.717, 1.165) is 30.4 Å². The number of benzene rings is 2. The number of aryl methyl sites for hydroxylation is 1. The van der Waals surface area contributed by atoms with Gasteiger partial charge in [-0.15, -0.1) is 0 Å². The van der Waals surface area contributed by atoms with Crippen molar-refractivity contribution in [1.29, 1.82) is 0 Å². The third-order valence-electron chi connectivity index (χ3n) is 5.28. The molecule has 1 heterocycles. The molecule has 6 heteroatoms. The summed E-state index contributed by atoms with van der Waals surface area (Å²) in [4.78, 5) is 15.1. The number of carbonyl (C=O) groups is 1. The molecular weight excluding hydrogens is 372 g/mol. The summed E-state index contributed by atoms with van der Waals surface area (Å²) in [6.45, 7) is 5.93. The van der Waals surface area contributed by atoms with Crippen molar-refractivity contribution >= 4 is 15.9 Å². The van der Waals surface area contributed by atoms with Crippen molar-refractivity contribution in [3.05, 3.63) is 65.2 Å². The fraction of sp³-hybridized carbons (Fsp3) is 0.409. The maximum Gasteiger partial charge on any atom is 0.254 e. The second-order valence-corrected chi connectivity index (χ2v) is 9.18. The molecule has 5 nitrogen and oxygen atoms in total. The van der Waals surface area contributed by atoms with E-state index in [1.807, 2.05) is 44.2 Å². The summed E-state index contributed by atoms with van der Waals surface area (Å²) in [6.07, 6.45) is 2.84. The van der Waals surface area contributed by atoms with Crippen LogP contribution in [0.25, 0.3) is 0 Å². The standard InChI is InChI=1S/C22H28N2O3S/c1-3-23(17-19-10-6-4-7-11-19)22(25)21-16-20(13-12-18(21)2)28(26,27)24-14-8-5-9-15-24/h4,6-7,10-13,16H,3,5,8-9,14-15,17H2,1-2H3. The van der Waals surface area contributed by atoms with Gasteiger partial charge >= 0.3 is 0 Å². The van der Waals surface area contributed by atoms with Crippen molar-refractivity contribution in [3.63, 3.8) is 0 Å². The largest absolute Gasteiger partial charge is 0.335 e. The SMILES string of the molecule is CCN(Cc1ccccc1)C(=O)c1cc(S(=O)(=O)N2CCCCC2)ccc1C. The van der Waals surface area contributed by atoms with Gasteiger partial charge in [-0.2, -0.15) is 4.31 Å². The minimum Gasteiger partial charge on any atom is -0.335 e. The topological polar surface area (TPSA) is 57.7 Å². The van der Waals surface area contributed by atoms with Gasteiger partial charge in [0.1, 0.15) is 0 Å². The van der Waals surface area contributed by atoms with Crippen LogP contribution in [0, 0.1) is 6.92 Å². The Balaban J connectivity index is 1.88. The van der Waals surface area contributed by atoms with Gasteiger partial charge in [0, 0.05) is 31.7 Å². The van der Waals surface area contributed by atoms with Gasteiger partial charge in [0.25, 0.3) is 5.91 Å². The lowest BCUT2D eigenvalue weighted by Crippen LogP contribution is -2.36.